The highest BCUT2D eigenvalue weighted by Gasteiger charge is 2.27. The molecule has 2 aromatic carbocycles. The number of nitrogens with zero attached hydrogens (tertiary/aromatic N) is 1. The van der Waals surface area contributed by atoms with Crippen molar-refractivity contribution < 1.29 is 0 Å². The van der Waals surface area contributed by atoms with Crippen molar-refractivity contribution in [1.82, 2.24) is 9.97 Å². The highest BCUT2D eigenvalue weighted by atomic mass is 14.8. The number of pyridine rings is 2. The van der Waals surface area contributed by atoms with E-state index in [0.29, 0.717) is 0 Å². The molecule has 2 nitrogen and oxygen atoms in total. The van der Waals surface area contributed by atoms with Crippen molar-refractivity contribution in [3.8, 4) is 22.5 Å². The molecule has 0 fully saturated rings. The molecule has 3 aromatic rings. The molecule has 2 heteroatoms. The molecule has 0 atom stereocenters. The number of rotatable bonds is 3. The first-order chi connectivity index (χ1) is 13.6. The summed E-state index contributed by atoms with van der Waals surface area (Å²) < 4.78 is 0. The Balaban J connectivity index is 1.62. The molecule has 0 saturated heterocycles. The van der Waals surface area contributed by atoms with Crippen molar-refractivity contribution in [2.45, 2.75) is 19.3 Å². The fraction of sp³-hybridized carbons (Fsp3) is 0.115. The third-order valence-corrected chi connectivity index (χ3v) is 5.65. The summed E-state index contributed by atoms with van der Waals surface area (Å²) in [5, 5.41) is 2.54. The summed E-state index contributed by atoms with van der Waals surface area (Å²) in [5.41, 5.74) is 6.56. The van der Waals surface area contributed by atoms with Crippen molar-refractivity contribution in [2.24, 2.45) is 0 Å². The fourth-order valence-corrected chi connectivity index (χ4v) is 3.92. The highest BCUT2D eigenvalue weighted by molar-refractivity contribution is 6.00. The van der Waals surface area contributed by atoms with E-state index >= 15 is 0 Å². The van der Waals surface area contributed by atoms with Gasteiger partial charge in [-0.1, -0.05) is 66.7 Å². The monoisotopic (exact) mass is 362 g/mol. The number of benzene rings is 2. The Labute approximate surface area is 165 Å². The maximum absolute atomic E-state index is 5.00. The van der Waals surface area contributed by atoms with Crippen molar-refractivity contribution in [2.75, 3.05) is 0 Å². The van der Waals surface area contributed by atoms with Crippen LogP contribution in [0.1, 0.15) is 25.2 Å². The van der Waals surface area contributed by atoms with Gasteiger partial charge in [0.25, 0.3) is 0 Å². The Bertz CT molecular complexity index is 1230. The Kier molecular flexibility index (Phi) is 3.80. The lowest BCUT2D eigenvalue weighted by Gasteiger charge is -2.26. The number of aromatic amines is 1. The van der Waals surface area contributed by atoms with Crippen LogP contribution in [0.15, 0.2) is 91.0 Å². The van der Waals surface area contributed by atoms with Gasteiger partial charge in [0.2, 0.25) is 0 Å². The van der Waals surface area contributed by atoms with Crippen LogP contribution in [0.25, 0.3) is 33.3 Å². The zero-order valence-corrected chi connectivity index (χ0v) is 16.1. The van der Waals surface area contributed by atoms with Gasteiger partial charge < -0.3 is 4.98 Å². The molecule has 2 heterocycles. The normalized spacial score (nSPS) is 11.9. The second-order valence-corrected chi connectivity index (χ2v) is 7.83. The van der Waals surface area contributed by atoms with Gasteiger partial charge in [0, 0.05) is 22.1 Å². The zero-order valence-electron chi connectivity index (χ0n) is 16.1. The van der Waals surface area contributed by atoms with E-state index in [2.05, 4.69) is 104 Å². The molecule has 0 radical (unpaired) electrons. The molecule has 136 valence electrons. The second kappa shape index (κ2) is 6.35. The first kappa shape index (κ1) is 16.8. The topological polar surface area (TPSA) is 28.7 Å². The first-order valence-corrected chi connectivity index (χ1v) is 9.67. The van der Waals surface area contributed by atoms with E-state index in [1.807, 2.05) is 6.07 Å². The minimum Gasteiger partial charge on any atom is -0.357 e. The van der Waals surface area contributed by atoms with E-state index in [1.54, 1.807) is 0 Å². The Hall–Kier alpha value is -3.39. The predicted molar refractivity (Wildman–Crippen MR) is 117 cm³/mol. The van der Waals surface area contributed by atoms with Crippen LogP contribution in [0.4, 0.5) is 0 Å². The summed E-state index contributed by atoms with van der Waals surface area (Å²) in [4.78, 5) is 8.71. The van der Waals surface area contributed by atoms with Crippen LogP contribution >= 0.6 is 0 Å². The average Bonchev–Trinajstić information content (AvgIpc) is 3.12. The second-order valence-electron chi connectivity index (χ2n) is 7.83. The quantitative estimate of drug-likeness (QED) is 0.382. The van der Waals surface area contributed by atoms with E-state index in [1.165, 1.54) is 22.0 Å². The van der Waals surface area contributed by atoms with Gasteiger partial charge in [-0.2, -0.15) is 0 Å². The maximum Gasteiger partial charge on any atom is 0.0705 e. The van der Waals surface area contributed by atoms with Gasteiger partial charge in [-0.25, -0.2) is 0 Å². The summed E-state index contributed by atoms with van der Waals surface area (Å²) in [6.07, 6.45) is 0. The average molecular weight is 362 g/mol. The van der Waals surface area contributed by atoms with E-state index in [9.17, 15) is 0 Å². The molecule has 28 heavy (non-hydrogen) atoms. The number of fused-ring (bicyclic) bond motifs is 3. The van der Waals surface area contributed by atoms with Crippen LogP contribution in [-0.4, -0.2) is 9.97 Å². The molecule has 0 bridgehead atoms. The predicted octanol–water partition coefficient (Wildman–Crippen LogP) is 6.66. The molecule has 5 rings (SSSR count). The molecule has 0 saturated carbocycles. The van der Waals surface area contributed by atoms with Gasteiger partial charge in [-0.3, -0.25) is 4.98 Å². The Morgan fingerprint density at radius 3 is 2.36 bits per heavy atom. The SMILES string of the molecule is CC(C)(c1cccc(-c2ccccc2)n1)c1ccc2cc3ccccc3c-2[nH]1. The minimum atomic E-state index is -0.239. The molecule has 0 amide bonds. The van der Waals surface area contributed by atoms with Crippen LogP contribution in [0.5, 0.6) is 0 Å². The van der Waals surface area contributed by atoms with Crippen LogP contribution in [0.2, 0.25) is 0 Å². The standard InChI is InChI=1S/C26H22N2/c1-26(2,23-14-8-13-22(27-23)18-9-4-3-5-10-18)24-16-15-20-17-19-11-6-7-12-21(19)25(20)28-24/h3-17,28H,1-2H3. The third kappa shape index (κ3) is 2.69. The van der Waals surface area contributed by atoms with Crippen LogP contribution in [0.3, 0.4) is 0 Å². The number of hydrogen-bond acceptors (Lipinski definition) is 1. The van der Waals surface area contributed by atoms with Gasteiger partial charge in [0.05, 0.1) is 17.1 Å². The molecule has 1 aliphatic carbocycles. The molecule has 2 aliphatic rings. The molecular formula is C26H22N2. The fourth-order valence-electron chi connectivity index (χ4n) is 3.92. The number of aromatic nitrogens is 2. The van der Waals surface area contributed by atoms with Crippen LogP contribution < -0.4 is 0 Å². The molecule has 0 unspecified atom stereocenters. The van der Waals surface area contributed by atoms with Gasteiger partial charge in [-0.05, 0) is 49.1 Å². The van der Waals surface area contributed by atoms with E-state index < -0.39 is 0 Å². The lowest BCUT2D eigenvalue weighted by atomic mass is 9.84. The Morgan fingerprint density at radius 1 is 0.714 bits per heavy atom. The highest BCUT2D eigenvalue weighted by Crippen LogP contribution is 2.37. The summed E-state index contributed by atoms with van der Waals surface area (Å²) in [5.74, 6) is 0. The number of hydrogen-bond donors (Lipinski definition) is 1. The molecule has 1 aliphatic heterocycles. The van der Waals surface area contributed by atoms with Crippen LogP contribution in [0, 0.1) is 0 Å². The number of nitrogens with one attached hydrogen (secondary N) is 1. The van der Waals surface area contributed by atoms with E-state index in [0.717, 1.165) is 22.6 Å². The van der Waals surface area contributed by atoms with Gasteiger partial charge >= 0.3 is 0 Å². The first-order valence-electron chi connectivity index (χ1n) is 9.67. The minimum absolute atomic E-state index is 0.239. The van der Waals surface area contributed by atoms with E-state index in [4.69, 9.17) is 4.98 Å². The summed E-state index contributed by atoms with van der Waals surface area (Å²) in [6, 6.07) is 31.8. The van der Waals surface area contributed by atoms with Crippen molar-refractivity contribution >= 4 is 10.8 Å². The largest absolute Gasteiger partial charge is 0.357 e. The van der Waals surface area contributed by atoms with Gasteiger partial charge in [-0.15, -0.1) is 0 Å². The smallest absolute Gasteiger partial charge is 0.0705 e. The lowest BCUT2D eigenvalue weighted by Crippen LogP contribution is -2.22. The molecular weight excluding hydrogens is 340 g/mol. The summed E-state index contributed by atoms with van der Waals surface area (Å²) in [7, 11) is 0. The molecule has 1 N–H and O–H groups in total. The maximum atomic E-state index is 5.00. The molecule has 0 spiro atoms. The van der Waals surface area contributed by atoms with Gasteiger partial charge in [0.15, 0.2) is 0 Å². The van der Waals surface area contributed by atoms with Crippen molar-refractivity contribution in [3.63, 3.8) is 0 Å². The zero-order chi connectivity index (χ0) is 19.1. The number of H-pyrrole nitrogens is 1. The van der Waals surface area contributed by atoms with Crippen LogP contribution in [-0.2, 0) is 5.41 Å². The molecule has 1 aromatic heterocycles. The van der Waals surface area contributed by atoms with E-state index in [-0.39, 0.29) is 5.41 Å². The summed E-state index contributed by atoms with van der Waals surface area (Å²) in [6.45, 7) is 4.46. The van der Waals surface area contributed by atoms with Crippen molar-refractivity contribution in [1.29, 1.82) is 0 Å². The van der Waals surface area contributed by atoms with Gasteiger partial charge in [0.1, 0.15) is 0 Å². The third-order valence-electron chi connectivity index (χ3n) is 5.65. The van der Waals surface area contributed by atoms with Crippen molar-refractivity contribution in [3.05, 3.63) is 102 Å². The lowest BCUT2D eigenvalue weighted by molar-refractivity contribution is 0.597. The summed E-state index contributed by atoms with van der Waals surface area (Å²) >= 11 is 0. The Morgan fingerprint density at radius 2 is 1.50 bits per heavy atom.